The lowest BCUT2D eigenvalue weighted by atomic mass is 9.61. The molecule has 1 N–H and O–H groups in total. The van der Waals surface area contributed by atoms with Crippen molar-refractivity contribution in [2.24, 2.45) is 17.3 Å². The van der Waals surface area contributed by atoms with E-state index >= 15 is 0 Å². The first-order valence-electron chi connectivity index (χ1n) is 7.32. The maximum absolute atomic E-state index is 8.84. The van der Waals surface area contributed by atoms with E-state index in [1.165, 1.54) is 18.4 Å². The summed E-state index contributed by atoms with van der Waals surface area (Å²) < 4.78 is 0. The van der Waals surface area contributed by atoms with Crippen LogP contribution in [-0.2, 0) is 0 Å². The van der Waals surface area contributed by atoms with Gasteiger partial charge in [0.15, 0.2) is 0 Å². The molecule has 1 heteroatoms. The van der Waals surface area contributed by atoms with Gasteiger partial charge in [-0.25, -0.2) is 0 Å². The third-order valence-corrected chi connectivity index (χ3v) is 4.96. The van der Waals surface area contributed by atoms with Gasteiger partial charge in [-0.3, -0.25) is 0 Å². The Morgan fingerprint density at radius 1 is 1.50 bits per heavy atom. The molecule has 2 unspecified atom stereocenters. The first-order chi connectivity index (χ1) is 8.39. The third-order valence-electron chi connectivity index (χ3n) is 4.96. The SMILES string of the molecule is CC1=CCC(C)C(C)(C)C1CC/C(C)=C\CCO. The fourth-order valence-corrected chi connectivity index (χ4v) is 3.12. The Morgan fingerprint density at radius 3 is 2.78 bits per heavy atom. The molecule has 0 spiro atoms. The average molecular weight is 250 g/mol. The van der Waals surface area contributed by atoms with Crippen molar-refractivity contribution in [1.82, 2.24) is 0 Å². The molecular formula is C17H30O. The Labute approximate surface area is 113 Å². The summed E-state index contributed by atoms with van der Waals surface area (Å²) in [5.74, 6) is 1.48. The summed E-state index contributed by atoms with van der Waals surface area (Å²) in [4.78, 5) is 0. The van der Waals surface area contributed by atoms with E-state index in [-0.39, 0.29) is 6.61 Å². The molecule has 1 aliphatic rings. The smallest absolute Gasteiger partial charge is 0.0465 e. The van der Waals surface area contributed by atoms with Crippen LogP contribution in [0.25, 0.3) is 0 Å². The van der Waals surface area contributed by atoms with Crippen LogP contribution < -0.4 is 0 Å². The molecule has 18 heavy (non-hydrogen) atoms. The van der Waals surface area contributed by atoms with Crippen molar-refractivity contribution in [3.63, 3.8) is 0 Å². The molecule has 0 aromatic carbocycles. The van der Waals surface area contributed by atoms with Crippen LogP contribution in [0.15, 0.2) is 23.3 Å². The minimum atomic E-state index is 0.266. The second-order valence-corrected chi connectivity index (χ2v) is 6.56. The quantitative estimate of drug-likeness (QED) is 0.700. The molecule has 0 aromatic heterocycles. The second-order valence-electron chi connectivity index (χ2n) is 6.56. The number of rotatable bonds is 5. The number of aliphatic hydroxyl groups excluding tert-OH is 1. The zero-order valence-corrected chi connectivity index (χ0v) is 12.8. The van der Waals surface area contributed by atoms with Gasteiger partial charge in [-0.2, -0.15) is 0 Å². The van der Waals surface area contributed by atoms with Crippen LogP contribution in [0.5, 0.6) is 0 Å². The minimum absolute atomic E-state index is 0.266. The van der Waals surface area contributed by atoms with Crippen LogP contribution in [0, 0.1) is 17.3 Å². The van der Waals surface area contributed by atoms with Crippen LogP contribution in [0.3, 0.4) is 0 Å². The molecule has 0 radical (unpaired) electrons. The summed E-state index contributed by atoms with van der Waals surface area (Å²) in [7, 11) is 0. The Morgan fingerprint density at radius 2 is 2.17 bits per heavy atom. The lowest BCUT2D eigenvalue weighted by molar-refractivity contribution is 0.131. The van der Waals surface area contributed by atoms with Gasteiger partial charge in [0.2, 0.25) is 0 Å². The van der Waals surface area contributed by atoms with Gasteiger partial charge < -0.3 is 5.11 Å². The van der Waals surface area contributed by atoms with Gasteiger partial charge in [-0.05, 0) is 56.8 Å². The van der Waals surface area contributed by atoms with Crippen LogP contribution >= 0.6 is 0 Å². The molecule has 0 aliphatic heterocycles. The predicted molar refractivity (Wildman–Crippen MR) is 79.5 cm³/mol. The van der Waals surface area contributed by atoms with Crippen molar-refractivity contribution in [1.29, 1.82) is 0 Å². The molecule has 0 aromatic rings. The van der Waals surface area contributed by atoms with Gasteiger partial charge in [0.25, 0.3) is 0 Å². The Kier molecular flexibility index (Phi) is 5.65. The summed E-state index contributed by atoms with van der Waals surface area (Å²) in [6.45, 7) is 12.0. The van der Waals surface area contributed by atoms with Gasteiger partial charge in [0.05, 0.1) is 0 Å². The number of hydrogen-bond acceptors (Lipinski definition) is 1. The van der Waals surface area contributed by atoms with E-state index in [0.717, 1.165) is 18.8 Å². The maximum Gasteiger partial charge on any atom is 0.0465 e. The Hall–Kier alpha value is -0.560. The Bertz CT molecular complexity index is 323. The predicted octanol–water partition coefficient (Wildman–Crippen LogP) is 4.72. The zero-order valence-electron chi connectivity index (χ0n) is 12.8. The lowest BCUT2D eigenvalue weighted by Gasteiger charge is -2.43. The van der Waals surface area contributed by atoms with Crippen molar-refractivity contribution >= 4 is 0 Å². The lowest BCUT2D eigenvalue weighted by Crippen LogP contribution is -2.34. The molecule has 0 amide bonds. The van der Waals surface area contributed by atoms with Gasteiger partial charge in [0, 0.05) is 6.61 Å². The summed E-state index contributed by atoms with van der Waals surface area (Å²) in [5, 5.41) is 8.84. The number of hydrogen-bond donors (Lipinski definition) is 1. The largest absolute Gasteiger partial charge is 0.396 e. The van der Waals surface area contributed by atoms with E-state index in [1.807, 2.05) is 0 Å². The minimum Gasteiger partial charge on any atom is -0.396 e. The van der Waals surface area contributed by atoms with E-state index in [1.54, 1.807) is 5.57 Å². The molecule has 1 nitrogen and oxygen atoms in total. The van der Waals surface area contributed by atoms with Crippen LogP contribution in [-0.4, -0.2) is 11.7 Å². The molecule has 0 saturated carbocycles. The van der Waals surface area contributed by atoms with Gasteiger partial charge >= 0.3 is 0 Å². The molecule has 0 bridgehead atoms. The summed E-state index contributed by atoms with van der Waals surface area (Å²) >= 11 is 0. The average Bonchev–Trinajstić information content (AvgIpc) is 2.31. The van der Waals surface area contributed by atoms with E-state index in [9.17, 15) is 0 Å². The van der Waals surface area contributed by atoms with Crippen molar-refractivity contribution in [2.75, 3.05) is 6.61 Å². The second kappa shape index (κ2) is 6.56. The van der Waals surface area contributed by atoms with E-state index in [4.69, 9.17) is 5.11 Å². The van der Waals surface area contributed by atoms with Crippen LogP contribution in [0.1, 0.15) is 60.3 Å². The zero-order chi connectivity index (χ0) is 13.8. The highest BCUT2D eigenvalue weighted by Crippen LogP contribution is 2.47. The standard InChI is InChI=1S/C17H30O/c1-13(7-6-12-18)8-11-16-14(2)9-10-15(3)17(16,4)5/h7,9,15-16,18H,6,8,10-12H2,1-5H3/b13-7-. The van der Waals surface area contributed by atoms with Crippen molar-refractivity contribution in [3.8, 4) is 0 Å². The summed E-state index contributed by atoms with van der Waals surface area (Å²) in [5.41, 5.74) is 3.41. The molecule has 2 atom stereocenters. The Balaban J connectivity index is 2.64. The molecule has 0 fully saturated rings. The summed E-state index contributed by atoms with van der Waals surface area (Å²) in [6, 6.07) is 0. The number of aliphatic hydroxyl groups is 1. The first kappa shape index (κ1) is 15.5. The highest BCUT2D eigenvalue weighted by molar-refractivity contribution is 5.14. The third kappa shape index (κ3) is 3.71. The van der Waals surface area contributed by atoms with E-state index in [2.05, 4.69) is 46.8 Å². The van der Waals surface area contributed by atoms with Gasteiger partial charge in [0.1, 0.15) is 0 Å². The molecule has 104 valence electrons. The van der Waals surface area contributed by atoms with Gasteiger partial charge in [-0.15, -0.1) is 0 Å². The van der Waals surface area contributed by atoms with Crippen molar-refractivity contribution < 1.29 is 5.11 Å². The number of allylic oxidation sites excluding steroid dienone is 3. The topological polar surface area (TPSA) is 20.2 Å². The van der Waals surface area contributed by atoms with Crippen molar-refractivity contribution in [2.45, 2.75) is 60.3 Å². The summed E-state index contributed by atoms with van der Waals surface area (Å²) in [6.07, 6.45) is 9.05. The molecule has 0 saturated heterocycles. The molecule has 1 rings (SSSR count). The first-order valence-corrected chi connectivity index (χ1v) is 7.32. The highest BCUT2D eigenvalue weighted by atomic mass is 16.2. The van der Waals surface area contributed by atoms with Crippen LogP contribution in [0.4, 0.5) is 0 Å². The van der Waals surface area contributed by atoms with Crippen LogP contribution in [0.2, 0.25) is 0 Å². The van der Waals surface area contributed by atoms with E-state index < -0.39 is 0 Å². The van der Waals surface area contributed by atoms with E-state index in [0.29, 0.717) is 11.3 Å². The fourth-order valence-electron chi connectivity index (χ4n) is 3.12. The normalized spacial score (nSPS) is 28.1. The highest BCUT2D eigenvalue weighted by Gasteiger charge is 2.37. The monoisotopic (exact) mass is 250 g/mol. The maximum atomic E-state index is 8.84. The molecule has 0 heterocycles. The fraction of sp³-hybridized carbons (Fsp3) is 0.765. The molecular weight excluding hydrogens is 220 g/mol. The van der Waals surface area contributed by atoms with Gasteiger partial charge in [-0.1, -0.05) is 44.1 Å². The van der Waals surface area contributed by atoms with Crippen molar-refractivity contribution in [3.05, 3.63) is 23.3 Å². The molecule has 1 aliphatic carbocycles.